The summed E-state index contributed by atoms with van der Waals surface area (Å²) in [6, 6.07) is 0. The molecule has 2 N–H and O–H groups in total. The van der Waals surface area contributed by atoms with Gasteiger partial charge in [-0.15, -0.1) is 0 Å². The van der Waals surface area contributed by atoms with Gasteiger partial charge in [0.15, 0.2) is 0 Å². The summed E-state index contributed by atoms with van der Waals surface area (Å²) < 4.78 is 0. The van der Waals surface area contributed by atoms with E-state index in [2.05, 4.69) is 13.8 Å². The molecule has 0 amide bonds. The first-order valence-electron chi connectivity index (χ1n) is 7.73. The minimum atomic E-state index is 0.0542. The maximum atomic E-state index is 6.60. The molecule has 0 unspecified atom stereocenters. The van der Waals surface area contributed by atoms with Gasteiger partial charge in [0.05, 0.1) is 0 Å². The molecule has 4 bridgehead atoms. The average Bonchev–Trinajstić information content (AvgIpc) is 2.93. The Labute approximate surface area is 106 Å². The molecular formula is C16H27N. The number of hydrogen-bond donors (Lipinski definition) is 1. The molecule has 5 aliphatic rings. The molecule has 0 atom stereocenters. The molecule has 5 rings (SSSR count). The maximum Gasteiger partial charge on any atom is 0.0159 e. The summed E-state index contributed by atoms with van der Waals surface area (Å²) in [5.41, 5.74) is 7.84. The van der Waals surface area contributed by atoms with Crippen molar-refractivity contribution in [3.05, 3.63) is 0 Å². The molecule has 96 valence electrons. The summed E-state index contributed by atoms with van der Waals surface area (Å²) in [5.74, 6) is 3.21. The summed E-state index contributed by atoms with van der Waals surface area (Å²) in [6.07, 6.45) is 12.1. The average molecular weight is 233 g/mol. The molecule has 0 spiro atoms. The highest BCUT2D eigenvalue weighted by atomic mass is 14.9. The van der Waals surface area contributed by atoms with E-state index < -0.39 is 0 Å². The highest BCUT2D eigenvalue weighted by molar-refractivity contribution is 5.20. The fraction of sp³-hybridized carbons (Fsp3) is 1.00. The van der Waals surface area contributed by atoms with E-state index in [1.807, 2.05) is 0 Å². The van der Waals surface area contributed by atoms with Crippen molar-refractivity contribution in [2.75, 3.05) is 0 Å². The molecule has 0 heterocycles. The Morgan fingerprint density at radius 3 is 1.59 bits per heavy atom. The minimum Gasteiger partial charge on any atom is -0.325 e. The Balaban J connectivity index is 1.74. The lowest BCUT2D eigenvalue weighted by atomic mass is 9.43. The van der Waals surface area contributed by atoms with E-state index in [-0.39, 0.29) is 5.54 Å². The van der Waals surface area contributed by atoms with Gasteiger partial charge in [0.2, 0.25) is 0 Å². The van der Waals surface area contributed by atoms with Crippen LogP contribution in [0.3, 0.4) is 0 Å². The molecule has 1 nitrogen and oxygen atoms in total. The first kappa shape index (κ1) is 10.8. The minimum absolute atomic E-state index is 0.0542. The third-order valence-corrected chi connectivity index (χ3v) is 7.04. The third-order valence-electron chi connectivity index (χ3n) is 7.04. The van der Waals surface area contributed by atoms with Crippen LogP contribution < -0.4 is 5.73 Å². The molecule has 5 fully saturated rings. The van der Waals surface area contributed by atoms with Gasteiger partial charge in [0.25, 0.3) is 0 Å². The maximum absolute atomic E-state index is 6.60. The van der Waals surface area contributed by atoms with Crippen LogP contribution in [0.4, 0.5) is 0 Å². The van der Waals surface area contributed by atoms with Crippen LogP contribution in [0.2, 0.25) is 0 Å². The van der Waals surface area contributed by atoms with Crippen molar-refractivity contribution in [3.63, 3.8) is 0 Å². The Hall–Kier alpha value is -0.0400. The number of rotatable bonds is 2. The highest BCUT2D eigenvalue weighted by Gasteiger charge is 2.68. The Bertz CT molecular complexity index is 310. The van der Waals surface area contributed by atoms with Gasteiger partial charge in [0, 0.05) is 5.54 Å². The van der Waals surface area contributed by atoms with Crippen molar-refractivity contribution in [3.8, 4) is 0 Å². The summed E-state index contributed by atoms with van der Waals surface area (Å²) in [6.45, 7) is 4.61. The monoisotopic (exact) mass is 233 g/mol. The van der Waals surface area contributed by atoms with Crippen LogP contribution in [0.1, 0.15) is 65.2 Å². The van der Waals surface area contributed by atoms with Crippen LogP contribution in [-0.2, 0) is 0 Å². The lowest BCUT2D eigenvalue weighted by molar-refractivity contribution is -0.114. The second-order valence-electron chi connectivity index (χ2n) is 8.50. The lowest BCUT2D eigenvalue weighted by Gasteiger charge is -2.62. The van der Waals surface area contributed by atoms with Crippen molar-refractivity contribution < 1.29 is 0 Å². The fourth-order valence-electron chi connectivity index (χ4n) is 6.68. The first-order valence-corrected chi connectivity index (χ1v) is 7.73. The highest BCUT2D eigenvalue weighted by Crippen LogP contribution is 2.75. The van der Waals surface area contributed by atoms with E-state index in [4.69, 9.17) is 5.73 Å². The van der Waals surface area contributed by atoms with Gasteiger partial charge >= 0.3 is 0 Å². The molecule has 0 aliphatic heterocycles. The van der Waals surface area contributed by atoms with Crippen molar-refractivity contribution in [2.24, 2.45) is 34.3 Å². The fourth-order valence-corrected chi connectivity index (χ4v) is 6.68. The molecule has 0 saturated heterocycles. The van der Waals surface area contributed by atoms with Gasteiger partial charge in [-0.1, -0.05) is 0 Å². The van der Waals surface area contributed by atoms with Gasteiger partial charge in [-0.25, -0.2) is 0 Å². The molecule has 1 heteroatoms. The summed E-state index contributed by atoms with van der Waals surface area (Å²) >= 11 is 0. The second-order valence-corrected chi connectivity index (χ2v) is 8.50. The normalized spacial score (nSPS) is 50.6. The Morgan fingerprint density at radius 1 is 0.882 bits per heavy atom. The quantitative estimate of drug-likeness (QED) is 0.773. The van der Waals surface area contributed by atoms with Crippen molar-refractivity contribution in [1.82, 2.24) is 0 Å². The predicted molar refractivity (Wildman–Crippen MR) is 70.5 cm³/mol. The van der Waals surface area contributed by atoms with E-state index in [9.17, 15) is 0 Å². The van der Waals surface area contributed by atoms with E-state index in [0.717, 1.165) is 17.8 Å². The zero-order chi connectivity index (χ0) is 11.9. The van der Waals surface area contributed by atoms with Gasteiger partial charge < -0.3 is 5.73 Å². The van der Waals surface area contributed by atoms with Crippen LogP contribution in [0.15, 0.2) is 0 Å². The molecule has 0 radical (unpaired) electrons. The van der Waals surface area contributed by atoms with Crippen LogP contribution in [-0.4, -0.2) is 5.54 Å². The van der Waals surface area contributed by atoms with E-state index in [1.165, 1.54) is 32.1 Å². The zero-order valence-electron chi connectivity index (χ0n) is 11.5. The standard InChI is InChI=1S/C16H27N/c1-14(2,17)16(3-4-16)15-8-11-5-12(9-15)7-13(6-11)10-15/h11-13H,3-10,17H2,1-2H3. The predicted octanol–water partition coefficient (Wildman–Crippen LogP) is 3.72. The molecule has 17 heavy (non-hydrogen) atoms. The molecule has 0 aromatic carbocycles. The molecule has 0 aromatic heterocycles. The van der Waals surface area contributed by atoms with E-state index >= 15 is 0 Å². The van der Waals surface area contributed by atoms with Gasteiger partial charge in [0.1, 0.15) is 0 Å². The van der Waals surface area contributed by atoms with Crippen LogP contribution in [0.25, 0.3) is 0 Å². The number of nitrogens with two attached hydrogens (primary N) is 1. The summed E-state index contributed by atoms with van der Waals surface area (Å²) in [5, 5.41) is 0. The summed E-state index contributed by atoms with van der Waals surface area (Å²) in [7, 11) is 0. The molecule has 5 aliphatic carbocycles. The molecule has 5 saturated carbocycles. The van der Waals surface area contributed by atoms with E-state index in [0.29, 0.717) is 10.8 Å². The lowest BCUT2D eigenvalue weighted by Crippen LogP contribution is -2.58. The Kier molecular flexibility index (Phi) is 1.86. The zero-order valence-corrected chi connectivity index (χ0v) is 11.5. The molecule has 0 aromatic rings. The van der Waals surface area contributed by atoms with Crippen LogP contribution >= 0.6 is 0 Å². The van der Waals surface area contributed by atoms with Crippen molar-refractivity contribution in [2.45, 2.75) is 70.8 Å². The second kappa shape index (κ2) is 2.92. The SMILES string of the molecule is CC(C)(N)C1(C23CC4CC(CC(C4)C2)C3)CC1. The largest absolute Gasteiger partial charge is 0.325 e. The van der Waals surface area contributed by atoms with Crippen LogP contribution in [0.5, 0.6) is 0 Å². The first-order chi connectivity index (χ1) is 7.94. The van der Waals surface area contributed by atoms with Gasteiger partial charge in [-0.3, -0.25) is 0 Å². The Morgan fingerprint density at radius 2 is 1.29 bits per heavy atom. The van der Waals surface area contributed by atoms with Crippen LogP contribution in [0, 0.1) is 28.6 Å². The number of hydrogen-bond acceptors (Lipinski definition) is 1. The molecular weight excluding hydrogens is 206 g/mol. The van der Waals surface area contributed by atoms with Crippen molar-refractivity contribution in [1.29, 1.82) is 0 Å². The third kappa shape index (κ3) is 1.25. The van der Waals surface area contributed by atoms with Crippen molar-refractivity contribution >= 4 is 0 Å². The summed E-state index contributed by atoms with van der Waals surface area (Å²) in [4.78, 5) is 0. The topological polar surface area (TPSA) is 26.0 Å². The smallest absolute Gasteiger partial charge is 0.0159 e. The van der Waals surface area contributed by atoms with Gasteiger partial charge in [-0.05, 0) is 93.8 Å². The van der Waals surface area contributed by atoms with E-state index in [1.54, 1.807) is 19.3 Å². The van der Waals surface area contributed by atoms with Gasteiger partial charge in [-0.2, -0.15) is 0 Å².